The summed E-state index contributed by atoms with van der Waals surface area (Å²) in [6, 6.07) is 9.50. The van der Waals surface area contributed by atoms with E-state index in [2.05, 4.69) is 11.2 Å². The van der Waals surface area contributed by atoms with E-state index in [1.165, 1.54) is 11.1 Å². The molecule has 1 aliphatic heterocycles. The predicted molar refractivity (Wildman–Crippen MR) is 104 cm³/mol. The van der Waals surface area contributed by atoms with Gasteiger partial charge in [-0.1, -0.05) is 30.3 Å². The fraction of sp³-hybridized carbons (Fsp3) is 0.381. The van der Waals surface area contributed by atoms with Gasteiger partial charge in [0, 0.05) is 25.7 Å². The van der Waals surface area contributed by atoms with Crippen LogP contribution >= 0.6 is 0 Å². The van der Waals surface area contributed by atoms with Gasteiger partial charge in [-0.25, -0.2) is 4.79 Å². The molecule has 1 aliphatic rings. The van der Waals surface area contributed by atoms with Crippen molar-refractivity contribution < 1.29 is 14.3 Å². The highest BCUT2D eigenvalue weighted by Crippen LogP contribution is 2.32. The second-order valence-corrected chi connectivity index (χ2v) is 7.56. The van der Waals surface area contributed by atoms with Crippen LogP contribution in [-0.2, 0) is 4.74 Å². The third kappa shape index (κ3) is 4.10. The van der Waals surface area contributed by atoms with Crippen molar-refractivity contribution in [3.8, 4) is 11.1 Å². The number of likely N-dealkylation sites (tertiary alicyclic amines) is 1. The van der Waals surface area contributed by atoms with E-state index < -0.39 is 11.7 Å². The first kappa shape index (κ1) is 18.9. The molecule has 2 aromatic rings. The summed E-state index contributed by atoms with van der Waals surface area (Å²) in [5.41, 5.74) is 1.61. The van der Waals surface area contributed by atoms with Gasteiger partial charge in [0.2, 0.25) is 0 Å². The quantitative estimate of drug-likeness (QED) is 0.830. The molecule has 0 unspecified atom stereocenters. The van der Waals surface area contributed by atoms with E-state index >= 15 is 0 Å². The summed E-state index contributed by atoms with van der Waals surface area (Å²) in [5.74, 6) is -0.121. The molecule has 0 saturated carbocycles. The van der Waals surface area contributed by atoms with Crippen molar-refractivity contribution in [2.24, 2.45) is 0 Å². The molecule has 1 saturated heterocycles. The number of aromatic nitrogens is 1. The molecule has 0 atom stereocenters. The molecule has 1 fully saturated rings. The largest absolute Gasteiger partial charge is 0.443 e. The van der Waals surface area contributed by atoms with E-state index in [0.717, 1.165) is 12.0 Å². The first-order valence-corrected chi connectivity index (χ1v) is 9.00. The van der Waals surface area contributed by atoms with Crippen LogP contribution in [0.15, 0.2) is 36.5 Å². The highest BCUT2D eigenvalue weighted by molar-refractivity contribution is 6.08. The zero-order valence-corrected chi connectivity index (χ0v) is 16.2. The number of carbonyl (C=O) groups excluding carboxylic acids is 2. The molecular weight excluding hydrogens is 342 g/mol. The molecule has 0 N–H and O–H groups in total. The van der Waals surface area contributed by atoms with Crippen molar-refractivity contribution >= 4 is 17.7 Å². The lowest BCUT2D eigenvalue weighted by atomic mass is 9.98. The Morgan fingerprint density at radius 3 is 2.41 bits per heavy atom. The Balaban J connectivity index is 2.07. The van der Waals surface area contributed by atoms with Crippen molar-refractivity contribution in [2.75, 3.05) is 25.0 Å². The summed E-state index contributed by atoms with van der Waals surface area (Å²) in [4.78, 5) is 33.0. The molecule has 2 amide bonds. The van der Waals surface area contributed by atoms with Crippen molar-refractivity contribution in [3.63, 3.8) is 0 Å². The van der Waals surface area contributed by atoms with Crippen LogP contribution in [0.1, 0.15) is 37.6 Å². The van der Waals surface area contributed by atoms with Gasteiger partial charge in [0.1, 0.15) is 5.60 Å². The zero-order valence-electron chi connectivity index (χ0n) is 16.2. The maximum absolute atomic E-state index is 13.2. The van der Waals surface area contributed by atoms with Crippen LogP contribution in [0, 0.1) is 6.20 Å². The minimum absolute atomic E-state index is 0.121. The summed E-state index contributed by atoms with van der Waals surface area (Å²) in [7, 11) is 1.59. The van der Waals surface area contributed by atoms with Gasteiger partial charge in [-0.3, -0.25) is 14.7 Å². The number of amides is 2. The average molecular weight is 366 g/mol. The summed E-state index contributed by atoms with van der Waals surface area (Å²) in [6.45, 7) is 6.84. The Morgan fingerprint density at radius 1 is 1.19 bits per heavy atom. The SMILES string of the molecule is CN(C(=O)OC(C)(C)C)c1cn[c]c(-c2ccccc2)c1C(=O)N1CCC1. The number of benzene rings is 1. The fourth-order valence-electron chi connectivity index (χ4n) is 2.80. The van der Waals surface area contributed by atoms with Crippen molar-refractivity contribution in [1.29, 1.82) is 0 Å². The van der Waals surface area contributed by atoms with E-state index in [1.807, 2.05) is 30.3 Å². The van der Waals surface area contributed by atoms with Crippen molar-refractivity contribution in [3.05, 3.63) is 48.3 Å². The summed E-state index contributed by atoms with van der Waals surface area (Å²) in [6.07, 6.45) is 4.88. The lowest BCUT2D eigenvalue weighted by Crippen LogP contribution is -2.43. The molecule has 1 radical (unpaired) electrons. The van der Waals surface area contributed by atoms with Crippen LogP contribution in [0.5, 0.6) is 0 Å². The Labute approximate surface area is 159 Å². The van der Waals surface area contributed by atoms with Crippen LogP contribution in [0.3, 0.4) is 0 Å². The molecular formula is C21H24N3O3. The molecule has 27 heavy (non-hydrogen) atoms. The number of ether oxygens (including phenoxy) is 1. The number of hydrogen-bond acceptors (Lipinski definition) is 4. The Hall–Kier alpha value is -2.89. The predicted octanol–water partition coefficient (Wildman–Crippen LogP) is 3.77. The van der Waals surface area contributed by atoms with E-state index in [4.69, 9.17) is 4.74 Å². The highest BCUT2D eigenvalue weighted by Gasteiger charge is 2.31. The molecule has 6 heteroatoms. The van der Waals surface area contributed by atoms with Gasteiger partial charge >= 0.3 is 6.09 Å². The molecule has 6 nitrogen and oxygen atoms in total. The minimum atomic E-state index is -0.635. The summed E-state index contributed by atoms with van der Waals surface area (Å²) >= 11 is 0. The standard InChI is InChI=1S/C21H24N3O3/c1-21(2,3)27-20(26)23(4)17-14-22-13-16(15-9-6-5-7-10-15)18(17)19(25)24-11-8-12-24/h5-7,9-10,14H,8,11-12H2,1-4H3. The molecule has 0 aliphatic carbocycles. The van der Waals surface area contributed by atoms with Gasteiger partial charge in [-0.05, 0) is 32.8 Å². The Morgan fingerprint density at radius 2 is 1.85 bits per heavy atom. The monoisotopic (exact) mass is 366 g/mol. The smallest absolute Gasteiger partial charge is 0.414 e. The number of carbonyl (C=O) groups is 2. The Bertz CT molecular complexity index is 839. The normalized spacial score (nSPS) is 13.7. The number of hydrogen-bond donors (Lipinski definition) is 0. The summed E-state index contributed by atoms with van der Waals surface area (Å²) < 4.78 is 5.46. The lowest BCUT2D eigenvalue weighted by Gasteiger charge is -2.33. The molecule has 141 valence electrons. The van der Waals surface area contributed by atoms with E-state index in [1.54, 1.807) is 32.7 Å². The number of rotatable bonds is 3. The van der Waals surface area contributed by atoms with Crippen molar-refractivity contribution in [2.45, 2.75) is 32.8 Å². The van der Waals surface area contributed by atoms with Gasteiger partial charge in [0.15, 0.2) is 0 Å². The third-order valence-electron chi connectivity index (χ3n) is 4.32. The second kappa shape index (κ2) is 7.39. The number of pyridine rings is 1. The number of anilines is 1. The van der Waals surface area contributed by atoms with Crippen LogP contribution in [0.2, 0.25) is 0 Å². The van der Waals surface area contributed by atoms with Gasteiger partial charge in [0.05, 0.1) is 23.6 Å². The number of nitrogens with zero attached hydrogens (tertiary/aromatic N) is 3. The van der Waals surface area contributed by atoms with Gasteiger partial charge < -0.3 is 9.64 Å². The first-order chi connectivity index (χ1) is 12.8. The van der Waals surface area contributed by atoms with E-state index in [0.29, 0.717) is 29.9 Å². The van der Waals surface area contributed by atoms with Crippen LogP contribution < -0.4 is 4.90 Å². The molecule has 1 aromatic carbocycles. The molecule has 3 rings (SSSR count). The van der Waals surface area contributed by atoms with Crippen LogP contribution in [0.25, 0.3) is 11.1 Å². The lowest BCUT2D eigenvalue weighted by molar-refractivity contribution is 0.0589. The van der Waals surface area contributed by atoms with Crippen LogP contribution in [-0.4, -0.2) is 47.6 Å². The minimum Gasteiger partial charge on any atom is -0.443 e. The van der Waals surface area contributed by atoms with Gasteiger partial charge in [-0.15, -0.1) is 0 Å². The topological polar surface area (TPSA) is 62.7 Å². The molecule has 2 heterocycles. The fourth-order valence-corrected chi connectivity index (χ4v) is 2.80. The average Bonchev–Trinajstić information content (AvgIpc) is 2.58. The Kier molecular flexibility index (Phi) is 5.17. The molecule has 1 aromatic heterocycles. The summed E-state index contributed by atoms with van der Waals surface area (Å²) in [5, 5.41) is 0. The van der Waals surface area contributed by atoms with Crippen LogP contribution in [0.4, 0.5) is 10.5 Å². The molecule has 0 bridgehead atoms. The first-order valence-electron chi connectivity index (χ1n) is 9.00. The zero-order chi connectivity index (χ0) is 19.6. The highest BCUT2D eigenvalue weighted by atomic mass is 16.6. The third-order valence-corrected chi connectivity index (χ3v) is 4.32. The van der Waals surface area contributed by atoms with E-state index in [-0.39, 0.29) is 5.91 Å². The van der Waals surface area contributed by atoms with E-state index in [9.17, 15) is 9.59 Å². The second-order valence-electron chi connectivity index (χ2n) is 7.56. The van der Waals surface area contributed by atoms with Gasteiger partial charge in [-0.2, -0.15) is 0 Å². The van der Waals surface area contributed by atoms with Gasteiger partial charge in [0.25, 0.3) is 5.91 Å². The molecule has 0 spiro atoms. The maximum atomic E-state index is 13.2. The van der Waals surface area contributed by atoms with Crippen molar-refractivity contribution in [1.82, 2.24) is 9.88 Å². The maximum Gasteiger partial charge on any atom is 0.414 e.